The number of carbonyl (C=O) groups is 1. The predicted octanol–water partition coefficient (Wildman–Crippen LogP) is 0.680. The van der Waals surface area contributed by atoms with E-state index in [1.165, 1.54) is 12.3 Å². The number of nitrogens with zero attached hydrogens (tertiary/aromatic N) is 2. The Morgan fingerprint density at radius 1 is 1.53 bits per heavy atom. The second-order valence-corrected chi connectivity index (χ2v) is 3.85. The number of hydrogen-bond acceptors (Lipinski definition) is 5. The van der Waals surface area contributed by atoms with Crippen LogP contribution >= 0.6 is 0 Å². The molecule has 90 valence electrons. The Morgan fingerprint density at radius 3 is 2.88 bits per heavy atom. The molecule has 2 rings (SSSR count). The van der Waals surface area contributed by atoms with E-state index in [0.717, 1.165) is 12.1 Å². The molecule has 1 fully saturated rings. The monoisotopic (exact) mass is 236 g/mol. The van der Waals surface area contributed by atoms with E-state index in [4.69, 9.17) is 0 Å². The fourth-order valence-corrected chi connectivity index (χ4v) is 1.67. The van der Waals surface area contributed by atoms with E-state index in [-0.39, 0.29) is 17.8 Å². The number of piperidine rings is 1. The first-order chi connectivity index (χ1) is 8.15. The molecule has 1 atom stereocenters. The molecule has 0 radical (unpaired) electrons. The van der Waals surface area contributed by atoms with Crippen molar-refractivity contribution in [2.45, 2.75) is 18.9 Å². The van der Waals surface area contributed by atoms with Crippen LogP contribution in [0.1, 0.15) is 12.8 Å². The highest BCUT2D eigenvalue weighted by atomic mass is 16.6. The Kier molecular flexibility index (Phi) is 3.17. The lowest BCUT2D eigenvalue weighted by atomic mass is 10.1. The molecule has 7 heteroatoms. The summed E-state index contributed by atoms with van der Waals surface area (Å²) in [5.74, 6) is -0.114. The zero-order valence-corrected chi connectivity index (χ0v) is 9.05. The van der Waals surface area contributed by atoms with Crippen LogP contribution in [0, 0.1) is 10.1 Å². The van der Waals surface area contributed by atoms with Crippen molar-refractivity contribution in [1.29, 1.82) is 0 Å². The Bertz CT molecular complexity index is 422. The van der Waals surface area contributed by atoms with Gasteiger partial charge in [-0.3, -0.25) is 4.79 Å². The first-order valence-electron chi connectivity index (χ1n) is 5.29. The Morgan fingerprint density at radius 2 is 2.35 bits per heavy atom. The molecule has 1 amide bonds. The lowest BCUT2D eigenvalue weighted by Gasteiger charge is -2.23. The predicted molar refractivity (Wildman–Crippen MR) is 60.5 cm³/mol. The Labute approximate surface area is 97.4 Å². The molecule has 2 heterocycles. The van der Waals surface area contributed by atoms with Gasteiger partial charge in [-0.25, -0.2) is 0 Å². The summed E-state index contributed by atoms with van der Waals surface area (Å²) >= 11 is 0. The lowest BCUT2D eigenvalue weighted by Crippen LogP contribution is -2.41. The number of pyridine rings is 1. The molecule has 1 saturated heterocycles. The second kappa shape index (κ2) is 4.77. The molecule has 2 N–H and O–H groups in total. The minimum atomic E-state index is -0.537. The zero-order valence-electron chi connectivity index (χ0n) is 9.05. The molecular formula is C10H12N4O3. The maximum absolute atomic E-state index is 11.0. The van der Waals surface area contributed by atoms with Gasteiger partial charge in [-0.15, -0.1) is 0 Å². The summed E-state index contributed by atoms with van der Waals surface area (Å²) < 4.78 is 0. The summed E-state index contributed by atoms with van der Waals surface area (Å²) in [7, 11) is 0. The SMILES string of the molecule is O=C1CCC(Nc2ccc([N+](=O)[O-])nc2)CN1. The number of amides is 1. The standard InChI is InChI=1S/C10H12N4O3/c15-10-4-2-8(6-12-10)13-7-1-3-9(11-5-7)14(16)17/h1,3,5,8,13H,2,4,6H2,(H,12,15). The molecule has 1 aromatic heterocycles. The van der Waals surface area contributed by atoms with Crippen LogP contribution in [0.3, 0.4) is 0 Å². The number of nitrogens with one attached hydrogen (secondary N) is 2. The molecular weight excluding hydrogens is 224 g/mol. The average Bonchev–Trinajstić information content (AvgIpc) is 2.33. The molecule has 7 nitrogen and oxygen atoms in total. The fourth-order valence-electron chi connectivity index (χ4n) is 1.67. The Balaban J connectivity index is 1.95. The van der Waals surface area contributed by atoms with Crippen molar-refractivity contribution in [2.75, 3.05) is 11.9 Å². The lowest BCUT2D eigenvalue weighted by molar-refractivity contribution is -0.389. The quantitative estimate of drug-likeness (QED) is 0.594. The summed E-state index contributed by atoms with van der Waals surface area (Å²) in [4.78, 5) is 24.5. The summed E-state index contributed by atoms with van der Waals surface area (Å²) in [5.41, 5.74) is 0.719. The molecule has 0 saturated carbocycles. The van der Waals surface area contributed by atoms with Gasteiger partial charge in [0.2, 0.25) is 5.91 Å². The van der Waals surface area contributed by atoms with Gasteiger partial charge in [-0.1, -0.05) is 0 Å². The molecule has 1 aliphatic heterocycles. The first kappa shape index (κ1) is 11.3. The van der Waals surface area contributed by atoms with Crippen LogP contribution in [0.5, 0.6) is 0 Å². The van der Waals surface area contributed by atoms with E-state index in [2.05, 4.69) is 15.6 Å². The van der Waals surface area contributed by atoms with Crippen molar-refractivity contribution in [3.05, 3.63) is 28.4 Å². The molecule has 0 bridgehead atoms. The summed E-state index contributed by atoms with van der Waals surface area (Å²) in [6, 6.07) is 3.11. The third kappa shape index (κ3) is 2.90. The molecule has 17 heavy (non-hydrogen) atoms. The smallest absolute Gasteiger partial charge is 0.363 e. The first-order valence-corrected chi connectivity index (χ1v) is 5.29. The van der Waals surface area contributed by atoms with Gasteiger partial charge in [-0.05, 0) is 22.4 Å². The molecule has 0 aliphatic carbocycles. The van der Waals surface area contributed by atoms with Crippen molar-refractivity contribution in [3.8, 4) is 0 Å². The molecule has 1 unspecified atom stereocenters. The summed E-state index contributed by atoms with van der Waals surface area (Å²) in [6.45, 7) is 0.565. The van der Waals surface area contributed by atoms with Gasteiger partial charge in [0.25, 0.3) is 0 Å². The molecule has 1 aliphatic rings. The molecule has 0 aromatic carbocycles. The maximum Gasteiger partial charge on any atom is 0.363 e. The highest BCUT2D eigenvalue weighted by Gasteiger charge is 2.18. The van der Waals surface area contributed by atoms with Crippen LogP contribution in [0.25, 0.3) is 0 Å². The highest BCUT2D eigenvalue weighted by molar-refractivity contribution is 5.77. The van der Waals surface area contributed by atoms with Crippen LogP contribution in [0.2, 0.25) is 0 Å². The van der Waals surface area contributed by atoms with E-state index < -0.39 is 4.92 Å². The van der Waals surface area contributed by atoms with Crippen molar-refractivity contribution >= 4 is 17.4 Å². The van der Waals surface area contributed by atoms with Crippen molar-refractivity contribution in [2.24, 2.45) is 0 Å². The number of hydrogen-bond donors (Lipinski definition) is 2. The number of rotatable bonds is 3. The number of nitro groups is 1. The van der Waals surface area contributed by atoms with E-state index in [9.17, 15) is 14.9 Å². The van der Waals surface area contributed by atoms with Crippen LogP contribution in [0.15, 0.2) is 18.3 Å². The third-order valence-corrected chi connectivity index (χ3v) is 2.57. The Hall–Kier alpha value is -2.18. The fraction of sp³-hybridized carbons (Fsp3) is 0.400. The van der Waals surface area contributed by atoms with E-state index >= 15 is 0 Å². The summed E-state index contributed by atoms with van der Waals surface area (Å²) in [6.07, 6.45) is 2.68. The van der Waals surface area contributed by atoms with E-state index in [0.29, 0.717) is 13.0 Å². The van der Waals surface area contributed by atoms with Crippen LogP contribution in [-0.4, -0.2) is 28.4 Å². The van der Waals surface area contributed by atoms with Gasteiger partial charge >= 0.3 is 5.82 Å². The normalized spacial score (nSPS) is 19.5. The van der Waals surface area contributed by atoms with Crippen molar-refractivity contribution in [1.82, 2.24) is 10.3 Å². The zero-order chi connectivity index (χ0) is 12.3. The number of anilines is 1. The topological polar surface area (TPSA) is 97.2 Å². The van der Waals surface area contributed by atoms with E-state index in [1.54, 1.807) is 6.07 Å². The largest absolute Gasteiger partial charge is 0.377 e. The summed E-state index contributed by atoms with van der Waals surface area (Å²) in [5, 5.41) is 16.3. The van der Waals surface area contributed by atoms with Crippen molar-refractivity contribution in [3.63, 3.8) is 0 Å². The minimum absolute atomic E-state index is 0.0601. The second-order valence-electron chi connectivity index (χ2n) is 3.85. The average molecular weight is 236 g/mol. The van der Waals surface area contributed by atoms with Crippen LogP contribution < -0.4 is 10.6 Å². The number of carbonyl (C=O) groups excluding carboxylic acids is 1. The maximum atomic E-state index is 11.0. The van der Waals surface area contributed by atoms with Gasteiger partial charge in [0, 0.05) is 25.1 Å². The van der Waals surface area contributed by atoms with Gasteiger partial charge in [0.05, 0.1) is 5.69 Å². The third-order valence-electron chi connectivity index (χ3n) is 2.57. The van der Waals surface area contributed by atoms with Gasteiger partial charge in [0.15, 0.2) is 6.20 Å². The van der Waals surface area contributed by atoms with Gasteiger partial charge in [0.1, 0.15) is 0 Å². The number of aromatic nitrogens is 1. The van der Waals surface area contributed by atoms with Crippen LogP contribution in [-0.2, 0) is 4.79 Å². The van der Waals surface area contributed by atoms with Crippen molar-refractivity contribution < 1.29 is 9.72 Å². The highest BCUT2D eigenvalue weighted by Crippen LogP contribution is 2.14. The van der Waals surface area contributed by atoms with Gasteiger partial charge in [-0.2, -0.15) is 0 Å². The minimum Gasteiger partial charge on any atom is -0.377 e. The van der Waals surface area contributed by atoms with Gasteiger partial charge < -0.3 is 20.7 Å². The molecule has 1 aromatic rings. The molecule has 0 spiro atoms. The van der Waals surface area contributed by atoms with Crippen LogP contribution in [0.4, 0.5) is 11.5 Å². The van der Waals surface area contributed by atoms with E-state index in [1.807, 2.05) is 0 Å².